The third kappa shape index (κ3) is 10.3. The molecule has 0 aliphatic rings. The lowest BCUT2D eigenvalue weighted by molar-refractivity contribution is -0.138. The van der Waals surface area contributed by atoms with Crippen molar-refractivity contribution >= 4 is 21.9 Å². The molecule has 1 atom stereocenters. The largest absolute Gasteiger partial charge is 0.481 e. The van der Waals surface area contributed by atoms with E-state index in [0.717, 1.165) is 6.26 Å². The molecule has 0 spiro atoms. The van der Waals surface area contributed by atoms with Gasteiger partial charge in [-0.05, 0) is 32.6 Å². The Morgan fingerprint density at radius 3 is 2.14 bits per heavy atom. The molecule has 124 valence electrons. The highest BCUT2D eigenvalue weighted by molar-refractivity contribution is 7.88. The molecule has 0 aliphatic carbocycles. The van der Waals surface area contributed by atoms with E-state index in [-0.39, 0.29) is 18.8 Å². The van der Waals surface area contributed by atoms with Gasteiger partial charge in [0.2, 0.25) is 15.9 Å². The number of hydrogen-bond donors (Lipinski definition) is 3. The summed E-state index contributed by atoms with van der Waals surface area (Å²) in [5.74, 6) is -1.24. The molecule has 0 aromatic rings. The first kappa shape index (κ1) is 19.9. The van der Waals surface area contributed by atoms with Gasteiger partial charge in [0.1, 0.15) is 6.04 Å². The SMILES string of the molecule is CC(C)CC(NS(C)(=O)=O)C(=O)NC(C)(C)CCC(=O)O. The topological polar surface area (TPSA) is 113 Å². The molecular formula is C13H26N2O5S. The van der Waals surface area contributed by atoms with Crippen molar-refractivity contribution < 1.29 is 23.1 Å². The Morgan fingerprint density at radius 1 is 1.24 bits per heavy atom. The van der Waals surface area contributed by atoms with Crippen LogP contribution in [0.5, 0.6) is 0 Å². The van der Waals surface area contributed by atoms with Crippen LogP contribution in [-0.4, -0.2) is 43.2 Å². The lowest BCUT2D eigenvalue weighted by atomic mass is 9.96. The summed E-state index contributed by atoms with van der Waals surface area (Å²) >= 11 is 0. The van der Waals surface area contributed by atoms with Crippen molar-refractivity contribution in [2.75, 3.05) is 6.26 Å². The zero-order chi connectivity index (χ0) is 16.8. The van der Waals surface area contributed by atoms with Crippen LogP contribution in [0.3, 0.4) is 0 Å². The number of sulfonamides is 1. The first-order valence-electron chi connectivity index (χ1n) is 6.83. The number of hydrogen-bond acceptors (Lipinski definition) is 4. The van der Waals surface area contributed by atoms with Gasteiger partial charge in [0.25, 0.3) is 0 Å². The van der Waals surface area contributed by atoms with Gasteiger partial charge < -0.3 is 10.4 Å². The van der Waals surface area contributed by atoms with Crippen LogP contribution in [0.4, 0.5) is 0 Å². The number of carbonyl (C=O) groups excluding carboxylic acids is 1. The second-order valence-electron chi connectivity index (χ2n) is 6.34. The molecule has 21 heavy (non-hydrogen) atoms. The van der Waals surface area contributed by atoms with Crippen molar-refractivity contribution in [2.45, 2.75) is 58.5 Å². The number of carboxylic acid groups (broad SMARTS) is 1. The Labute approximate surface area is 126 Å². The standard InChI is InChI=1S/C13H26N2O5S/c1-9(2)8-10(15-21(5,19)20)12(18)14-13(3,4)7-6-11(16)17/h9-10,15H,6-8H2,1-5H3,(H,14,18)(H,16,17). The van der Waals surface area contributed by atoms with Crippen molar-refractivity contribution in [1.29, 1.82) is 0 Å². The fourth-order valence-electron chi connectivity index (χ4n) is 1.84. The molecule has 0 bridgehead atoms. The van der Waals surface area contributed by atoms with Gasteiger partial charge in [-0.2, -0.15) is 0 Å². The van der Waals surface area contributed by atoms with Gasteiger partial charge in [-0.3, -0.25) is 9.59 Å². The summed E-state index contributed by atoms with van der Waals surface area (Å²) in [5, 5.41) is 11.4. The van der Waals surface area contributed by atoms with Crippen LogP contribution in [-0.2, 0) is 19.6 Å². The number of carboxylic acids is 1. The van der Waals surface area contributed by atoms with Crippen LogP contribution in [0.15, 0.2) is 0 Å². The fraction of sp³-hybridized carbons (Fsp3) is 0.846. The summed E-state index contributed by atoms with van der Waals surface area (Å²) < 4.78 is 25.0. The minimum absolute atomic E-state index is 0.0678. The molecule has 0 aromatic carbocycles. The lowest BCUT2D eigenvalue weighted by Gasteiger charge is -2.29. The van der Waals surface area contributed by atoms with Crippen molar-refractivity contribution in [2.24, 2.45) is 5.92 Å². The minimum atomic E-state index is -3.50. The number of amides is 1. The maximum absolute atomic E-state index is 12.2. The summed E-state index contributed by atoms with van der Waals surface area (Å²) in [7, 11) is -3.50. The molecule has 0 aromatic heterocycles. The predicted octanol–water partition coefficient (Wildman–Crippen LogP) is 0.710. The van der Waals surface area contributed by atoms with E-state index in [1.807, 2.05) is 13.8 Å². The van der Waals surface area contributed by atoms with Gasteiger partial charge in [0.15, 0.2) is 0 Å². The first-order valence-corrected chi connectivity index (χ1v) is 8.72. The van der Waals surface area contributed by atoms with Gasteiger partial charge in [-0.1, -0.05) is 13.8 Å². The molecule has 0 saturated heterocycles. The molecule has 0 saturated carbocycles. The number of nitrogens with one attached hydrogen (secondary N) is 2. The molecule has 0 fully saturated rings. The molecule has 1 amide bonds. The van der Waals surface area contributed by atoms with E-state index in [4.69, 9.17) is 5.11 Å². The highest BCUT2D eigenvalue weighted by Gasteiger charge is 2.28. The van der Waals surface area contributed by atoms with E-state index in [0.29, 0.717) is 6.42 Å². The molecule has 0 rings (SSSR count). The predicted molar refractivity (Wildman–Crippen MR) is 80.3 cm³/mol. The van der Waals surface area contributed by atoms with E-state index in [9.17, 15) is 18.0 Å². The number of aliphatic carboxylic acids is 1. The van der Waals surface area contributed by atoms with Gasteiger partial charge >= 0.3 is 5.97 Å². The number of rotatable bonds is 9. The van der Waals surface area contributed by atoms with E-state index >= 15 is 0 Å². The average molecular weight is 322 g/mol. The van der Waals surface area contributed by atoms with Crippen LogP contribution >= 0.6 is 0 Å². The summed E-state index contributed by atoms with van der Waals surface area (Å²) in [6, 6.07) is -0.857. The highest BCUT2D eigenvalue weighted by atomic mass is 32.2. The summed E-state index contributed by atoms with van der Waals surface area (Å²) in [4.78, 5) is 22.8. The molecular weight excluding hydrogens is 296 g/mol. The first-order chi connectivity index (χ1) is 9.32. The van der Waals surface area contributed by atoms with Crippen LogP contribution in [0, 0.1) is 5.92 Å². The second kappa shape index (κ2) is 7.74. The van der Waals surface area contributed by atoms with Gasteiger partial charge in [-0.25, -0.2) is 13.1 Å². The van der Waals surface area contributed by atoms with Crippen LogP contribution < -0.4 is 10.0 Å². The quantitative estimate of drug-likeness (QED) is 0.579. The smallest absolute Gasteiger partial charge is 0.303 e. The summed E-state index contributed by atoms with van der Waals surface area (Å²) in [6.07, 6.45) is 1.57. The zero-order valence-electron chi connectivity index (χ0n) is 13.3. The Balaban J connectivity index is 4.83. The molecule has 7 nitrogen and oxygen atoms in total. The Hall–Kier alpha value is -1.15. The average Bonchev–Trinajstić information content (AvgIpc) is 2.22. The van der Waals surface area contributed by atoms with Crippen LogP contribution in [0.25, 0.3) is 0 Å². The third-order valence-electron chi connectivity index (χ3n) is 2.81. The number of carbonyl (C=O) groups is 2. The lowest BCUT2D eigenvalue weighted by Crippen LogP contribution is -2.53. The maximum Gasteiger partial charge on any atom is 0.303 e. The molecule has 3 N–H and O–H groups in total. The third-order valence-corrected chi connectivity index (χ3v) is 3.52. The van der Waals surface area contributed by atoms with E-state index in [1.165, 1.54) is 0 Å². The molecule has 1 unspecified atom stereocenters. The normalized spacial score (nSPS) is 14.0. The Morgan fingerprint density at radius 2 is 1.76 bits per heavy atom. The second-order valence-corrected chi connectivity index (χ2v) is 8.12. The zero-order valence-corrected chi connectivity index (χ0v) is 14.1. The van der Waals surface area contributed by atoms with E-state index in [2.05, 4.69) is 10.0 Å². The summed E-state index contributed by atoms with van der Waals surface area (Å²) in [5.41, 5.74) is -0.718. The maximum atomic E-state index is 12.2. The van der Waals surface area contributed by atoms with Gasteiger partial charge in [-0.15, -0.1) is 0 Å². The molecule has 8 heteroatoms. The minimum Gasteiger partial charge on any atom is -0.481 e. The van der Waals surface area contributed by atoms with Gasteiger partial charge in [0, 0.05) is 12.0 Å². The van der Waals surface area contributed by atoms with Crippen molar-refractivity contribution in [3.8, 4) is 0 Å². The van der Waals surface area contributed by atoms with Crippen LogP contribution in [0.1, 0.15) is 47.0 Å². The molecule has 0 radical (unpaired) electrons. The summed E-state index contributed by atoms with van der Waals surface area (Å²) in [6.45, 7) is 7.20. The van der Waals surface area contributed by atoms with Crippen molar-refractivity contribution in [3.05, 3.63) is 0 Å². The van der Waals surface area contributed by atoms with E-state index < -0.39 is 33.5 Å². The van der Waals surface area contributed by atoms with Gasteiger partial charge in [0.05, 0.1) is 6.26 Å². The molecule has 0 aliphatic heterocycles. The van der Waals surface area contributed by atoms with Crippen molar-refractivity contribution in [3.63, 3.8) is 0 Å². The fourth-order valence-corrected chi connectivity index (χ4v) is 2.56. The Bertz CT molecular complexity index is 471. The monoisotopic (exact) mass is 322 g/mol. The van der Waals surface area contributed by atoms with Crippen LogP contribution in [0.2, 0.25) is 0 Å². The van der Waals surface area contributed by atoms with E-state index in [1.54, 1.807) is 13.8 Å². The molecule has 0 heterocycles. The Kier molecular flexibility index (Phi) is 7.32. The van der Waals surface area contributed by atoms with Crippen molar-refractivity contribution in [1.82, 2.24) is 10.0 Å². The highest BCUT2D eigenvalue weighted by Crippen LogP contribution is 2.13.